The summed E-state index contributed by atoms with van der Waals surface area (Å²) < 4.78 is 36.9. The average molecular weight is 192 g/mol. The molecule has 0 heterocycles. The summed E-state index contributed by atoms with van der Waals surface area (Å²) >= 11 is 0. The summed E-state index contributed by atoms with van der Waals surface area (Å²) in [5.74, 6) is 0. The number of hydrogen-bond donors (Lipinski definition) is 1. The topological polar surface area (TPSA) is 72.8 Å². The molecule has 0 radical (unpaired) electrons. The number of hydrogen-bond acceptors (Lipinski definition) is 4. The summed E-state index contributed by atoms with van der Waals surface area (Å²) in [5.41, 5.74) is 0. The van der Waals surface area contributed by atoms with Crippen molar-refractivity contribution in [3.8, 4) is 0 Å². The van der Waals surface area contributed by atoms with E-state index in [1.807, 2.05) is 6.92 Å². The molecule has 0 aliphatic heterocycles. The molecule has 0 aliphatic rings. The van der Waals surface area contributed by atoms with Crippen LogP contribution in [0.2, 0.25) is 0 Å². The van der Waals surface area contributed by atoms with E-state index < -0.39 is 10.4 Å². The molecular formula is C5H13LiO5S. The van der Waals surface area contributed by atoms with Gasteiger partial charge >= 0.3 is 29.3 Å². The van der Waals surface area contributed by atoms with Crippen LogP contribution >= 0.6 is 0 Å². The Morgan fingerprint density at radius 2 is 1.92 bits per heavy atom. The Balaban J connectivity index is 0. The van der Waals surface area contributed by atoms with Gasteiger partial charge in [-0.05, 0) is 13.3 Å². The van der Waals surface area contributed by atoms with Gasteiger partial charge in [-0.25, -0.2) is 4.18 Å². The van der Waals surface area contributed by atoms with E-state index in [0.717, 1.165) is 0 Å². The molecule has 70 valence electrons. The van der Waals surface area contributed by atoms with Crippen LogP contribution in [0.3, 0.4) is 0 Å². The quantitative estimate of drug-likeness (QED) is 0.351. The van der Waals surface area contributed by atoms with Gasteiger partial charge in [-0.3, -0.25) is 4.55 Å². The van der Waals surface area contributed by atoms with Crippen molar-refractivity contribution in [2.45, 2.75) is 13.3 Å². The maximum atomic E-state index is 9.96. The van der Waals surface area contributed by atoms with Crippen molar-refractivity contribution in [3.63, 3.8) is 0 Å². The van der Waals surface area contributed by atoms with Gasteiger partial charge in [0, 0.05) is 13.2 Å². The van der Waals surface area contributed by atoms with Gasteiger partial charge in [0.1, 0.15) is 0 Å². The van der Waals surface area contributed by atoms with Gasteiger partial charge in [-0.1, -0.05) is 0 Å². The van der Waals surface area contributed by atoms with Crippen molar-refractivity contribution in [1.82, 2.24) is 0 Å². The van der Waals surface area contributed by atoms with E-state index in [2.05, 4.69) is 4.18 Å². The van der Waals surface area contributed by atoms with E-state index >= 15 is 0 Å². The van der Waals surface area contributed by atoms with Gasteiger partial charge in [0.15, 0.2) is 0 Å². The molecule has 0 aliphatic carbocycles. The minimum atomic E-state index is -4.27. The average Bonchev–Trinajstić information content (AvgIpc) is 1.85. The third-order valence-corrected chi connectivity index (χ3v) is 1.33. The summed E-state index contributed by atoms with van der Waals surface area (Å²) in [5, 5.41) is 0. The van der Waals surface area contributed by atoms with E-state index in [4.69, 9.17) is 9.29 Å². The van der Waals surface area contributed by atoms with Gasteiger partial charge in [0.25, 0.3) is 0 Å². The van der Waals surface area contributed by atoms with E-state index in [0.29, 0.717) is 19.6 Å². The Hall–Kier alpha value is 0.427. The standard InChI is InChI=1S/C5H12O5S.Li.H/c1-2-9-4-3-5-10-11(6,7)8;;/h2-5H2,1H3,(H,6,7,8);;. The normalized spacial score (nSPS) is 10.8. The van der Waals surface area contributed by atoms with Crippen molar-refractivity contribution in [2.24, 2.45) is 0 Å². The number of ether oxygens (including phenoxy) is 1. The van der Waals surface area contributed by atoms with Gasteiger partial charge in [-0.2, -0.15) is 8.42 Å². The van der Waals surface area contributed by atoms with E-state index in [-0.39, 0.29) is 25.5 Å². The second kappa shape index (κ2) is 8.05. The molecule has 7 heteroatoms. The van der Waals surface area contributed by atoms with Crippen molar-refractivity contribution >= 4 is 29.3 Å². The van der Waals surface area contributed by atoms with Crippen LogP contribution in [0.15, 0.2) is 0 Å². The van der Waals surface area contributed by atoms with Crippen LogP contribution in [-0.4, -0.2) is 51.7 Å². The Bertz CT molecular complexity index is 178. The van der Waals surface area contributed by atoms with Crippen LogP contribution in [0, 0.1) is 0 Å². The van der Waals surface area contributed by atoms with Crippen LogP contribution in [0.4, 0.5) is 0 Å². The molecule has 0 bridgehead atoms. The fourth-order valence-electron chi connectivity index (χ4n) is 0.470. The molecule has 0 saturated heterocycles. The van der Waals surface area contributed by atoms with Crippen molar-refractivity contribution in [1.29, 1.82) is 0 Å². The zero-order chi connectivity index (χ0) is 8.74. The molecule has 0 amide bonds. The molecule has 0 aromatic heterocycles. The van der Waals surface area contributed by atoms with Crippen molar-refractivity contribution < 1.29 is 21.9 Å². The van der Waals surface area contributed by atoms with Gasteiger partial charge in [0.05, 0.1) is 6.61 Å². The zero-order valence-electron chi connectivity index (χ0n) is 6.32. The molecule has 0 unspecified atom stereocenters. The van der Waals surface area contributed by atoms with Gasteiger partial charge in [0.2, 0.25) is 0 Å². The molecule has 1 N–H and O–H groups in total. The van der Waals surface area contributed by atoms with Crippen LogP contribution in [0.1, 0.15) is 13.3 Å². The third kappa shape index (κ3) is 13.0. The van der Waals surface area contributed by atoms with Crippen LogP contribution in [-0.2, 0) is 19.3 Å². The molecule has 0 fully saturated rings. The second-order valence-electron chi connectivity index (χ2n) is 1.80. The fraction of sp³-hybridized carbons (Fsp3) is 1.00. The van der Waals surface area contributed by atoms with Crippen LogP contribution < -0.4 is 0 Å². The third-order valence-electron chi connectivity index (χ3n) is 0.869. The fourth-order valence-corrected chi connectivity index (χ4v) is 0.798. The summed E-state index contributed by atoms with van der Waals surface area (Å²) in [4.78, 5) is 0. The molecule has 0 spiro atoms. The SMILES string of the molecule is CCOCCCOS(=O)(=O)O.[LiH]. The Labute approximate surface area is 84.6 Å². The van der Waals surface area contributed by atoms with E-state index in [1.165, 1.54) is 0 Å². The Morgan fingerprint density at radius 3 is 2.33 bits per heavy atom. The van der Waals surface area contributed by atoms with E-state index in [9.17, 15) is 8.42 Å². The first-order valence-electron chi connectivity index (χ1n) is 3.26. The number of rotatable bonds is 6. The molecule has 0 aromatic rings. The summed E-state index contributed by atoms with van der Waals surface area (Å²) in [6, 6.07) is 0. The van der Waals surface area contributed by atoms with Gasteiger partial charge in [-0.15, -0.1) is 0 Å². The van der Waals surface area contributed by atoms with E-state index in [1.54, 1.807) is 0 Å². The van der Waals surface area contributed by atoms with Crippen LogP contribution in [0.25, 0.3) is 0 Å². The Kier molecular flexibility index (Phi) is 10.0. The molecular weight excluding hydrogens is 179 g/mol. The molecule has 0 atom stereocenters. The maximum absolute atomic E-state index is 9.96. The molecule has 0 rings (SSSR count). The molecule has 12 heavy (non-hydrogen) atoms. The predicted octanol–water partition coefficient (Wildman–Crippen LogP) is -0.416. The molecule has 5 nitrogen and oxygen atoms in total. The van der Waals surface area contributed by atoms with Crippen LogP contribution in [0.5, 0.6) is 0 Å². The minimum absolute atomic E-state index is 0. The molecule has 0 aromatic carbocycles. The van der Waals surface area contributed by atoms with Crippen molar-refractivity contribution in [2.75, 3.05) is 19.8 Å². The van der Waals surface area contributed by atoms with Crippen molar-refractivity contribution in [3.05, 3.63) is 0 Å². The summed E-state index contributed by atoms with van der Waals surface area (Å²) in [6.07, 6.45) is 0.452. The molecule has 0 saturated carbocycles. The first kappa shape index (κ1) is 14.9. The predicted molar refractivity (Wildman–Crippen MR) is 45.8 cm³/mol. The first-order valence-corrected chi connectivity index (χ1v) is 4.62. The Morgan fingerprint density at radius 1 is 1.33 bits per heavy atom. The van der Waals surface area contributed by atoms with Gasteiger partial charge < -0.3 is 4.74 Å². The second-order valence-corrected chi connectivity index (χ2v) is 2.89. The summed E-state index contributed by atoms with van der Waals surface area (Å²) in [7, 11) is -4.27. The first-order chi connectivity index (χ1) is 5.06. The zero-order valence-corrected chi connectivity index (χ0v) is 7.13. The monoisotopic (exact) mass is 192 g/mol. The summed E-state index contributed by atoms with van der Waals surface area (Å²) in [6.45, 7) is 2.82.